The normalized spacial score (nSPS) is 15.2. The van der Waals surface area contributed by atoms with Crippen molar-refractivity contribution in [1.82, 2.24) is 5.32 Å². The molecule has 0 amide bonds. The Kier molecular flexibility index (Phi) is 3.10. The van der Waals surface area contributed by atoms with Gasteiger partial charge in [-0.3, -0.25) is 0 Å². The Morgan fingerprint density at radius 3 is 2.94 bits per heavy atom. The summed E-state index contributed by atoms with van der Waals surface area (Å²) in [5.41, 5.74) is 4.03. The Morgan fingerprint density at radius 1 is 1.33 bits per heavy atom. The van der Waals surface area contributed by atoms with E-state index in [-0.39, 0.29) is 6.04 Å². The molecule has 0 radical (unpaired) electrons. The lowest BCUT2D eigenvalue weighted by molar-refractivity contribution is 0.357. The van der Waals surface area contributed by atoms with Crippen LogP contribution in [0.1, 0.15) is 27.6 Å². The fourth-order valence-electron chi connectivity index (χ4n) is 2.58. The van der Waals surface area contributed by atoms with Gasteiger partial charge in [-0.1, -0.05) is 12.1 Å². The zero-order valence-corrected chi connectivity index (χ0v) is 11.5. The van der Waals surface area contributed by atoms with Crippen molar-refractivity contribution in [3.05, 3.63) is 51.2 Å². The van der Waals surface area contributed by atoms with Gasteiger partial charge in [-0.2, -0.15) is 0 Å². The molecule has 94 valence electrons. The van der Waals surface area contributed by atoms with E-state index in [9.17, 15) is 0 Å². The summed E-state index contributed by atoms with van der Waals surface area (Å²) in [7, 11) is 2.02. The number of nitrogens with one attached hydrogen (secondary N) is 1. The summed E-state index contributed by atoms with van der Waals surface area (Å²) >= 11 is 1.80. The summed E-state index contributed by atoms with van der Waals surface area (Å²) in [4.78, 5) is 1.38. The van der Waals surface area contributed by atoms with Crippen LogP contribution in [-0.2, 0) is 6.42 Å². The summed E-state index contributed by atoms with van der Waals surface area (Å²) in [6, 6.07) is 9.04. The summed E-state index contributed by atoms with van der Waals surface area (Å²) in [6.45, 7) is 3.00. The minimum Gasteiger partial charge on any atom is -0.493 e. The third-order valence-corrected chi connectivity index (χ3v) is 4.41. The predicted octanol–water partition coefficient (Wildman–Crippen LogP) is 3.30. The van der Waals surface area contributed by atoms with E-state index in [1.807, 2.05) is 7.05 Å². The van der Waals surface area contributed by atoms with Gasteiger partial charge < -0.3 is 10.1 Å². The summed E-state index contributed by atoms with van der Waals surface area (Å²) in [5, 5.41) is 5.58. The van der Waals surface area contributed by atoms with Crippen LogP contribution in [0.15, 0.2) is 29.6 Å². The molecular formula is C15H17NOS. The van der Waals surface area contributed by atoms with Gasteiger partial charge in [0.1, 0.15) is 5.75 Å². The molecule has 18 heavy (non-hydrogen) atoms. The second kappa shape index (κ2) is 4.75. The maximum Gasteiger partial charge on any atom is 0.122 e. The Balaban J connectivity index is 2.00. The molecule has 1 N–H and O–H groups in total. The SMILES string of the molecule is CNC(c1ccc2c(c1)CCO2)c1ccsc1C. The molecular weight excluding hydrogens is 242 g/mol. The molecule has 1 aromatic carbocycles. The summed E-state index contributed by atoms with van der Waals surface area (Å²) < 4.78 is 5.56. The van der Waals surface area contributed by atoms with E-state index < -0.39 is 0 Å². The van der Waals surface area contributed by atoms with Crippen LogP contribution in [0.4, 0.5) is 0 Å². The first-order valence-corrected chi connectivity index (χ1v) is 7.14. The highest BCUT2D eigenvalue weighted by atomic mass is 32.1. The van der Waals surface area contributed by atoms with Crippen molar-refractivity contribution in [3.8, 4) is 5.75 Å². The van der Waals surface area contributed by atoms with Gasteiger partial charge in [0.05, 0.1) is 12.6 Å². The molecule has 0 aliphatic carbocycles. The molecule has 1 unspecified atom stereocenters. The summed E-state index contributed by atoms with van der Waals surface area (Å²) in [6.07, 6.45) is 1.03. The lowest BCUT2D eigenvalue weighted by Gasteiger charge is -2.17. The minimum atomic E-state index is 0.280. The van der Waals surface area contributed by atoms with Gasteiger partial charge in [0.2, 0.25) is 0 Å². The van der Waals surface area contributed by atoms with Crippen LogP contribution in [0.25, 0.3) is 0 Å². The van der Waals surface area contributed by atoms with Gasteiger partial charge in [0.15, 0.2) is 0 Å². The Labute approximate surface area is 112 Å². The first kappa shape index (κ1) is 11.8. The first-order chi connectivity index (χ1) is 8.79. The number of thiophene rings is 1. The highest BCUT2D eigenvalue weighted by Crippen LogP contribution is 2.32. The highest BCUT2D eigenvalue weighted by molar-refractivity contribution is 7.10. The van der Waals surface area contributed by atoms with Crippen molar-refractivity contribution < 1.29 is 4.74 Å². The molecule has 1 aliphatic rings. The minimum absolute atomic E-state index is 0.280. The van der Waals surface area contributed by atoms with Crippen LogP contribution in [0.2, 0.25) is 0 Å². The Morgan fingerprint density at radius 2 is 2.22 bits per heavy atom. The molecule has 3 rings (SSSR count). The van der Waals surface area contributed by atoms with E-state index >= 15 is 0 Å². The molecule has 0 saturated heterocycles. The van der Waals surface area contributed by atoms with Gasteiger partial charge in [-0.15, -0.1) is 11.3 Å². The van der Waals surface area contributed by atoms with Crippen molar-refractivity contribution in [2.45, 2.75) is 19.4 Å². The van der Waals surface area contributed by atoms with Crippen molar-refractivity contribution in [1.29, 1.82) is 0 Å². The largest absolute Gasteiger partial charge is 0.493 e. The number of aryl methyl sites for hydroxylation is 1. The van der Waals surface area contributed by atoms with Crippen molar-refractivity contribution in [2.75, 3.05) is 13.7 Å². The number of fused-ring (bicyclic) bond motifs is 1. The Hall–Kier alpha value is -1.32. The lowest BCUT2D eigenvalue weighted by Crippen LogP contribution is -2.17. The predicted molar refractivity (Wildman–Crippen MR) is 75.6 cm³/mol. The van der Waals surface area contributed by atoms with Gasteiger partial charge in [-0.25, -0.2) is 0 Å². The summed E-state index contributed by atoms with van der Waals surface area (Å²) in [5.74, 6) is 1.05. The third-order valence-electron chi connectivity index (χ3n) is 3.55. The van der Waals surface area contributed by atoms with Crippen LogP contribution in [-0.4, -0.2) is 13.7 Å². The zero-order chi connectivity index (χ0) is 12.5. The fraction of sp³-hybridized carbons (Fsp3) is 0.333. The number of benzene rings is 1. The number of rotatable bonds is 3. The molecule has 0 saturated carbocycles. The smallest absolute Gasteiger partial charge is 0.122 e. The average molecular weight is 259 g/mol. The molecule has 2 heterocycles. The molecule has 0 bridgehead atoms. The third kappa shape index (κ3) is 1.93. The van der Waals surface area contributed by atoms with Crippen molar-refractivity contribution in [3.63, 3.8) is 0 Å². The van der Waals surface area contributed by atoms with E-state index in [1.54, 1.807) is 11.3 Å². The molecule has 2 nitrogen and oxygen atoms in total. The van der Waals surface area contributed by atoms with E-state index in [2.05, 4.69) is 41.9 Å². The molecule has 3 heteroatoms. The van der Waals surface area contributed by atoms with E-state index in [1.165, 1.54) is 21.6 Å². The first-order valence-electron chi connectivity index (χ1n) is 6.26. The van der Waals surface area contributed by atoms with Gasteiger partial charge in [0, 0.05) is 11.3 Å². The van der Waals surface area contributed by atoms with E-state index in [0.717, 1.165) is 18.8 Å². The van der Waals surface area contributed by atoms with Crippen LogP contribution in [0.3, 0.4) is 0 Å². The molecule has 1 atom stereocenters. The monoisotopic (exact) mass is 259 g/mol. The van der Waals surface area contributed by atoms with Crippen molar-refractivity contribution >= 4 is 11.3 Å². The van der Waals surface area contributed by atoms with E-state index in [4.69, 9.17) is 4.74 Å². The second-order valence-electron chi connectivity index (χ2n) is 4.62. The highest BCUT2D eigenvalue weighted by Gasteiger charge is 2.18. The zero-order valence-electron chi connectivity index (χ0n) is 10.7. The maximum absolute atomic E-state index is 5.56. The van der Waals surface area contributed by atoms with Crippen LogP contribution in [0, 0.1) is 6.92 Å². The average Bonchev–Trinajstić information content (AvgIpc) is 2.99. The standard InChI is InChI=1S/C15H17NOS/c1-10-13(6-8-18-10)15(16-2)12-3-4-14-11(9-12)5-7-17-14/h3-4,6,8-9,15-16H,5,7H2,1-2H3. The molecule has 2 aromatic rings. The second-order valence-corrected chi connectivity index (χ2v) is 5.74. The fourth-order valence-corrected chi connectivity index (χ4v) is 3.32. The van der Waals surface area contributed by atoms with E-state index in [0.29, 0.717) is 0 Å². The number of hydrogen-bond donors (Lipinski definition) is 1. The Bertz CT molecular complexity index is 561. The van der Waals surface area contributed by atoms with Crippen LogP contribution < -0.4 is 10.1 Å². The molecule has 0 spiro atoms. The van der Waals surface area contributed by atoms with Crippen LogP contribution in [0.5, 0.6) is 5.75 Å². The number of ether oxygens (including phenoxy) is 1. The topological polar surface area (TPSA) is 21.3 Å². The van der Waals surface area contributed by atoms with Gasteiger partial charge in [-0.05, 0) is 48.2 Å². The quantitative estimate of drug-likeness (QED) is 0.913. The maximum atomic E-state index is 5.56. The van der Waals surface area contributed by atoms with Gasteiger partial charge in [0.25, 0.3) is 0 Å². The van der Waals surface area contributed by atoms with Crippen LogP contribution >= 0.6 is 11.3 Å². The molecule has 1 aliphatic heterocycles. The lowest BCUT2D eigenvalue weighted by atomic mass is 9.97. The van der Waals surface area contributed by atoms with Crippen molar-refractivity contribution in [2.24, 2.45) is 0 Å². The van der Waals surface area contributed by atoms with Gasteiger partial charge >= 0.3 is 0 Å². The molecule has 1 aromatic heterocycles. The number of hydrogen-bond acceptors (Lipinski definition) is 3. The molecule has 0 fully saturated rings.